The second-order valence-electron chi connectivity index (χ2n) is 1.76. The van der Waals surface area contributed by atoms with E-state index in [1.807, 2.05) is 6.08 Å². The van der Waals surface area contributed by atoms with Crippen LogP contribution in [0.25, 0.3) is 0 Å². The van der Waals surface area contributed by atoms with Crippen LogP contribution in [0.5, 0.6) is 0 Å². The summed E-state index contributed by atoms with van der Waals surface area (Å²) in [5, 5.41) is 0. The summed E-state index contributed by atoms with van der Waals surface area (Å²) in [5.41, 5.74) is 0. The summed E-state index contributed by atoms with van der Waals surface area (Å²) in [6, 6.07) is 0. The van der Waals surface area contributed by atoms with E-state index in [2.05, 4.69) is 64.1 Å². The van der Waals surface area contributed by atoms with Crippen molar-refractivity contribution in [3.05, 3.63) is 21.3 Å². The molecular weight excluding hydrogens is 392 g/mol. The third-order valence-corrected chi connectivity index (χ3v) is 6.83. The molecule has 0 radical (unpaired) electrons. The quantitative estimate of drug-likeness (QED) is 0.430. The minimum atomic E-state index is -0.267. The molecule has 0 spiro atoms. The minimum absolute atomic E-state index is 0.267. The van der Waals surface area contributed by atoms with Crippen molar-refractivity contribution in [3.63, 3.8) is 0 Å². The Labute approximate surface area is 92.7 Å². The molecule has 0 aromatic carbocycles. The molecule has 0 bridgehead atoms. The van der Waals surface area contributed by atoms with Gasteiger partial charge in [0, 0.05) is 0 Å². The summed E-state index contributed by atoms with van der Waals surface area (Å²) in [5.74, 6) is 0. The average molecular weight is 398 g/mol. The Balaban J connectivity index is 2.99. The van der Waals surface area contributed by atoms with Gasteiger partial charge in [-0.2, -0.15) is 0 Å². The van der Waals surface area contributed by atoms with Crippen LogP contribution in [-0.2, 0) is 4.74 Å². The van der Waals surface area contributed by atoms with Gasteiger partial charge in [-0.15, -0.1) is 0 Å². The first-order chi connectivity index (χ1) is 4.54. The fraction of sp³-hybridized carbons (Fsp3) is 0.200. The molecule has 0 aromatic rings. The SMILES string of the molecule is [SeH]C1=C([SeH])C([SeH])([SeH])OC=C1. The standard InChI is InChI=1S/C5H6OSe4/c7-3-1-2-6-5(9,10)4(3)8/h1-2,7-10H. The molecule has 10 heavy (non-hydrogen) atoms. The molecular formula is C5H6OSe4. The summed E-state index contributed by atoms with van der Waals surface area (Å²) in [6.45, 7) is 0. The topological polar surface area (TPSA) is 9.23 Å². The molecule has 0 aromatic heterocycles. The van der Waals surface area contributed by atoms with Crippen LogP contribution >= 0.6 is 0 Å². The first-order valence-electron chi connectivity index (χ1n) is 2.46. The molecule has 0 saturated carbocycles. The molecule has 0 saturated heterocycles. The first kappa shape index (κ1) is 9.45. The van der Waals surface area contributed by atoms with Crippen molar-refractivity contribution in [2.24, 2.45) is 0 Å². The molecule has 56 valence electrons. The Kier molecular flexibility index (Phi) is 3.20. The van der Waals surface area contributed by atoms with Crippen LogP contribution in [0, 0.1) is 0 Å². The summed E-state index contributed by atoms with van der Waals surface area (Å²) in [4.78, 5) is 0. The third kappa shape index (κ3) is 1.94. The van der Waals surface area contributed by atoms with Crippen LogP contribution < -0.4 is 0 Å². The molecule has 0 amide bonds. The van der Waals surface area contributed by atoms with Crippen molar-refractivity contribution in [3.8, 4) is 0 Å². The van der Waals surface area contributed by atoms with E-state index in [1.165, 1.54) is 8.94 Å². The predicted octanol–water partition coefficient (Wildman–Crippen LogP) is -2.00. The van der Waals surface area contributed by atoms with Crippen LogP contribution in [0.4, 0.5) is 0 Å². The molecule has 1 nitrogen and oxygen atoms in total. The van der Waals surface area contributed by atoms with Crippen molar-refractivity contribution in [1.82, 2.24) is 0 Å². The van der Waals surface area contributed by atoms with E-state index in [9.17, 15) is 0 Å². The zero-order valence-electron chi connectivity index (χ0n) is 4.85. The molecule has 0 atom stereocenters. The van der Waals surface area contributed by atoms with Crippen molar-refractivity contribution in [2.75, 3.05) is 0 Å². The van der Waals surface area contributed by atoms with Crippen LogP contribution in [0.2, 0.25) is 0 Å². The van der Waals surface area contributed by atoms with Crippen molar-refractivity contribution in [1.29, 1.82) is 0 Å². The second-order valence-corrected chi connectivity index (χ2v) is 8.02. The van der Waals surface area contributed by atoms with Gasteiger partial charge < -0.3 is 0 Å². The first-order valence-corrected chi connectivity index (χ1v) is 6.21. The fourth-order valence-corrected chi connectivity index (χ4v) is 2.81. The predicted molar refractivity (Wildman–Crippen MR) is 48.6 cm³/mol. The van der Waals surface area contributed by atoms with Crippen molar-refractivity contribution >= 4 is 64.1 Å². The van der Waals surface area contributed by atoms with Gasteiger partial charge >= 0.3 is 93.5 Å². The normalized spacial score (nSPS) is 22.8. The van der Waals surface area contributed by atoms with E-state index < -0.39 is 0 Å². The van der Waals surface area contributed by atoms with Gasteiger partial charge in [-0.1, -0.05) is 0 Å². The van der Waals surface area contributed by atoms with Gasteiger partial charge in [0.15, 0.2) is 0 Å². The van der Waals surface area contributed by atoms with E-state index >= 15 is 0 Å². The van der Waals surface area contributed by atoms with Gasteiger partial charge in [0.25, 0.3) is 0 Å². The molecule has 1 aliphatic heterocycles. The Morgan fingerprint density at radius 2 is 1.90 bits per heavy atom. The summed E-state index contributed by atoms with van der Waals surface area (Å²) in [6.07, 6.45) is 3.65. The van der Waals surface area contributed by atoms with Gasteiger partial charge in [0.05, 0.1) is 0 Å². The number of hydrogen-bond donors (Lipinski definition) is 0. The number of allylic oxidation sites excluding steroid dienone is 2. The van der Waals surface area contributed by atoms with Gasteiger partial charge in [0.2, 0.25) is 0 Å². The van der Waals surface area contributed by atoms with Crippen molar-refractivity contribution in [2.45, 2.75) is 3.40 Å². The van der Waals surface area contributed by atoms with E-state index in [1.54, 1.807) is 6.26 Å². The number of hydrogen-bond acceptors (Lipinski definition) is 1. The Morgan fingerprint density at radius 3 is 2.30 bits per heavy atom. The summed E-state index contributed by atoms with van der Waals surface area (Å²) >= 11 is 10.0. The summed E-state index contributed by atoms with van der Waals surface area (Å²) in [7, 11) is 0. The molecule has 0 unspecified atom stereocenters. The fourth-order valence-electron chi connectivity index (χ4n) is 0.495. The van der Waals surface area contributed by atoms with Gasteiger partial charge in [-0.25, -0.2) is 0 Å². The van der Waals surface area contributed by atoms with Crippen LogP contribution in [0.3, 0.4) is 0 Å². The maximum absolute atomic E-state index is 5.33. The van der Waals surface area contributed by atoms with Crippen LogP contribution in [0.1, 0.15) is 0 Å². The monoisotopic (exact) mass is 402 g/mol. The zero-order chi connectivity index (χ0) is 7.78. The van der Waals surface area contributed by atoms with Gasteiger partial charge in [-0.05, 0) is 0 Å². The number of ether oxygens (including phenoxy) is 1. The molecule has 1 aliphatic rings. The van der Waals surface area contributed by atoms with Gasteiger partial charge in [-0.3, -0.25) is 0 Å². The Morgan fingerprint density at radius 1 is 1.30 bits per heavy atom. The van der Waals surface area contributed by atoms with E-state index in [-0.39, 0.29) is 3.40 Å². The van der Waals surface area contributed by atoms with E-state index in [4.69, 9.17) is 4.74 Å². The molecule has 0 aliphatic carbocycles. The van der Waals surface area contributed by atoms with Crippen molar-refractivity contribution < 1.29 is 4.74 Å². The number of rotatable bonds is 0. The molecule has 0 N–H and O–H groups in total. The van der Waals surface area contributed by atoms with Gasteiger partial charge in [0.1, 0.15) is 0 Å². The average Bonchev–Trinajstić information content (AvgIpc) is 1.83. The Bertz CT molecular complexity index is 206. The van der Waals surface area contributed by atoms with E-state index in [0.29, 0.717) is 0 Å². The molecule has 5 heteroatoms. The van der Waals surface area contributed by atoms with Crippen LogP contribution in [0.15, 0.2) is 21.3 Å². The van der Waals surface area contributed by atoms with Crippen LogP contribution in [-0.4, -0.2) is 67.4 Å². The molecule has 1 heterocycles. The Hall–Kier alpha value is 1.36. The third-order valence-electron chi connectivity index (χ3n) is 1.01. The van der Waals surface area contributed by atoms with E-state index in [0.717, 1.165) is 0 Å². The summed E-state index contributed by atoms with van der Waals surface area (Å²) < 4.78 is 7.43. The zero-order valence-corrected chi connectivity index (χ0v) is 12.4. The molecule has 0 fully saturated rings. The molecule has 1 rings (SSSR count). The maximum atomic E-state index is 5.33. The second kappa shape index (κ2) is 3.39.